The van der Waals surface area contributed by atoms with Crippen molar-refractivity contribution in [1.29, 1.82) is 0 Å². The monoisotopic (exact) mass is 260 g/mol. The molecule has 2 N–H and O–H groups in total. The summed E-state index contributed by atoms with van der Waals surface area (Å²) in [6.45, 7) is 6.94. The van der Waals surface area contributed by atoms with Crippen molar-refractivity contribution in [1.82, 2.24) is 4.90 Å². The molecule has 1 aliphatic rings. The number of piperidine rings is 1. The van der Waals surface area contributed by atoms with Crippen LogP contribution in [0.5, 0.6) is 0 Å². The van der Waals surface area contributed by atoms with Gasteiger partial charge in [0.25, 0.3) is 0 Å². The van der Waals surface area contributed by atoms with Gasteiger partial charge in [0.15, 0.2) is 0 Å². The van der Waals surface area contributed by atoms with Gasteiger partial charge in [0.05, 0.1) is 6.67 Å². The van der Waals surface area contributed by atoms with Gasteiger partial charge in [-0.2, -0.15) is 0 Å². The van der Waals surface area contributed by atoms with Crippen LogP contribution in [0.3, 0.4) is 0 Å². The first kappa shape index (κ1) is 15.2. The number of ether oxygens (including phenoxy) is 1. The predicted molar refractivity (Wildman–Crippen MR) is 69.1 cm³/mol. The van der Waals surface area contributed by atoms with E-state index in [9.17, 15) is 9.18 Å². The van der Waals surface area contributed by atoms with Crippen molar-refractivity contribution >= 4 is 6.09 Å². The van der Waals surface area contributed by atoms with Crippen LogP contribution in [0.4, 0.5) is 9.18 Å². The molecule has 2 atom stereocenters. The molecule has 0 saturated carbocycles. The zero-order valence-corrected chi connectivity index (χ0v) is 11.6. The zero-order chi connectivity index (χ0) is 13.8. The lowest BCUT2D eigenvalue weighted by Crippen LogP contribution is -2.47. The summed E-state index contributed by atoms with van der Waals surface area (Å²) in [5.74, 6) is 0.473. The van der Waals surface area contributed by atoms with Crippen LogP contribution >= 0.6 is 0 Å². The van der Waals surface area contributed by atoms with E-state index >= 15 is 0 Å². The first-order valence-corrected chi connectivity index (χ1v) is 6.61. The Balaban J connectivity index is 2.56. The first-order valence-electron chi connectivity index (χ1n) is 6.61. The number of hydrogen-bond acceptors (Lipinski definition) is 3. The standard InChI is InChI=1S/C13H25FN2O2/c1-13(2,3)18-12(17)16-7-5-10(8-15)11(9-16)4-6-14/h10-11H,4-9,15H2,1-3H3. The van der Waals surface area contributed by atoms with E-state index in [0.29, 0.717) is 32.0 Å². The maximum absolute atomic E-state index is 12.5. The summed E-state index contributed by atoms with van der Waals surface area (Å²) in [6.07, 6.45) is 1.00. The molecule has 4 nitrogen and oxygen atoms in total. The quantitative estimate of drug-likeness (QED) is 0.846. The van der Waals surface area contributed by atoms with Crippen LogP contribution in [0.15, 0.2) is 0 Å². The minimum Gasteiger partial charge on any atom is -0.444 e. The molecule has 0 aliphatic carbocycles. The number of nitrogens with zero attached hydrogens (tertiary/aromatic N) is 1. The summed E-state index contributed by atoms with van der Waals surface area (Å²) < 4.78 is 17.8. The molecule has 1 fully saturated rings. The largest absolute Gasteiger partial charge is 0.444 e. The van der Waals surface area contributed by atoms with E-state index < -0.39 is 5.60 Å². The van der Waals surface area contributed by atoms with Crippen LogP contribution in [-0.4, -0.2) is 42.9 Å². The van der Waals surface area contributed by atoms with E-state index in [4.69, 9.17) is 10.5 Å². The molecule has 1 heterocycles. The van der Waals surface area contributed by atoms with Crippen LogP contribution in [0.1, 0.15) is 33.6 Å². The maximum Gasteiger partial charge on any atom is 0.410 e. The summed E-state index contributed by atoms with van der Waals surface area (Å²) in [4.78, 5) is 13.6. The van der Waals surface area contributed by atoms with Crippen LogP contribution in [0, 0.1) is 11.8 Å². The lowest BCUT2D eigenvalue weighted by Gasteiger charge is -2.38. The lowest BCUT2D eigenvalue weighted by molar-refractivity contribution is 0.00944. The Morgan fingerprint density at radius 1 is 1.44 bits per heavy atom. The number of likely N-dealkylation sites (tertiary alicyclic amines) is 1. The van der Waals surface area contributed by atoms with Gasteiger partial charge in [0, 0.05) is 13.1 Å². The minimum atomic E-state index is -0.489. The zero-order valence-electron chi connectivity index (χ0n) is 11.6. The molecule has 0 bridgehead atoms. The number of carbonyl (C=O) groups excluding carboxylic acids is 1. The van der Waals surface area contributed by atoms with Gasteiger partial charge in [0.2, 0.25) is 0 Å². The molecule has 106 valence electrons. The molecule has 1 amide bonds. The van der Waals surface area contributed by atoms with Crippen molar-refractivity contribution in [3.05, 3.63) is 0 Å². The van der Waals surface area contributed by atoms with Gasteiger partial charge in [-0.3, -0.25) is 4.39 Å². The average Bonchev–Trinajstić information content (AvgIpc) is 2.27. The molecule has 2 unspecified atom stereocenters. The van der Waals surface area contributed by atoms with Crippen molar-refractivity contribution in [3.63, 3.8) is 0 Å². The van der Waals surface area contributed by atoms with E-state index in [2.05, 4.69) is 0 Å². The number of amides is 1. The van der Waals surface area contributed by atoms with Gasteiger partial charge in [-0.05, 0) is 52.0 Å². The highest BCUT2D eigenvalue weighted by molar-refractivity contribution is 5.68. The van der Waals surface area contributed by atoms with Crippen LogP contribution in [0.25, 0.3) is 0 Å². The van der Waals surface area contributed by atoms with Gasteiger partial charge < -0.3 is 15.4 Å². The molecular weight excluding hydrogens is 235 g/mol. The Labute approximate surface area is 109 Å². The molecule has 0 aromatic carbocycles. The van der Waals surface area contributed by atoms with Gasteiger partial charge in [0.1, 0.15) is 5.60 Å². The fraction of sp³-hybridized carbons (Fsp3) is 0.923. The Morgan fingerprint density at radius 3 is 2.61 bits per heavy atom. The number of nitrogens with two attached hydrogens (primary N) is 1. The molecule has 1 saturated heterocycles. The highest BCUT2D eigenvalue weighted by Crippen LogP contribution is 2.26. The minimum absolute atomic E-state index is 0.154. The topological polar surface area (TPSA) is 55.6 Å². The van der Waals surface area contributed by atoms with Gasteiger partial charge in [-0.25, -0.2) is 4.79 Å². The Kier molecular flexibility index (Phi) is 5.38. The van der Waals surface area contributed by atoms with E-state index in [1.165, 1.54) is 0 Å². The second-order valence-corrected chi connectivity index (χ2v) is 5.95. The average molecular weight is 260 g/mol. The van der Waals surface area contributed by atoms with Crippen molar-refractivity contribution in [2.75, 3.05) is 26.3 Å². The normalized spacial score (nSPS) is 25.1. The van der Waals surface area contributed by atoms with Crippen LogP contribution in [-0.2, 0) is 4.74 Å². The second kappa shape index (κ2) is 6.36. The second-order valence-electron chi connectivity index (χ2n) is 5.95. The smallest absolute Gasteiger partial charge is 0.410 e. The van der Waals surface area contributed by atoms with Crippen molar-refractivity contribution in [3.8, 4) is 0 Å². The van der Waals surface area contributed by atoms with Gasteiger partial charge in [-0.1, -0.05) is 0 Å². The third kappa shape index (κ3) is 4.44. The SMILES string of the molecule is CC(C)(C)OC(=O)N1CCC(CN)C(CCF)C1. The number of carbonyl (C=O) groups is 1. The summed E-state index contributed by atoms with van der Waals surface area (Å²) in [5, 5.41) is 0. The summed E-state index contributed by atoms with van der Waals surface area (Å²) in [7, 11) is 0. The third-order valence-corrected chi connectivity index (χ3v) is 3.33. The van der Waals surface area contributed by atoms with Crippen molar-refractivity contribution in [2.24, 2.45) is 17.6 Å². The van der Waals surface area contributed by atoms with E-state index in [1.54, 1.807) is 4.90 Å². The first-order chi connectivity index (χ1) is 8.37. The Hall–Kier alpha value is -0.840. The number of hydrogen-bond donors (Lipinski definition) is 1. The van der Waals surface area contributed by atoms with E-state index in [0.717, 1.165) is 6.42 Å². The molecule has 1 aliphatic heterocycles. The maximum atomic E-state index is 12.5. The van der Waals surface area contributed by atoms with Gasteiger partial charge >= 0.3 is 6.09 Å². The summed E-state index contributed by atoms with van der Waals surface area (Å²) in [5.41, 5.74) is 5.20. The van der Waals surface area contributed by atoms with E-state index in [1.807, 2.05) is 20.8 Å². The molecule has 0 spiro atoms. The van der Waals surface area contributed by atoms with Crippen LogP contribution < -0.4 is 5.73 Å². The van der Waals surface area contributed by atoms with Crippen molar-refractivity contribution < 1.29 is 13.9 Å². The molecular formula is C13H25FN2O2. The highest BCUT2D eigenvalue weighted by atomic mass is 19.1. The molecule has 5 heteroatoms. The van der Waals surface area contributed by atoms with E-state index in [-0.39, 0.29) is 18.7 Å². The molecule has 0 radical (unpaired) electrons. The summed E-state index contributed by atoms with van der Waals surface area (Å²) >= 11 is 0. The van der Waals surface area contributed by atoms with Crippen LogP contribution in [0.2, 0.25) is 0 Å². The fourth-order valence-corrected chi connectivity index (χ4v) is 2.35. The third-order valence-electron chi connectivity index (χ3n) is 3.33. The Bertz CT molecular complexity index is 279. The van der Waals surface area contributed by atoms with Gasteiger partial charge in [-0.15, -0.1) is 0 Å². The molecule has 0 aromatic heterocycles. The molecule has 0 aromatic rings. The molecule has 1 rings (SSSR count). The highest BCUT2D eigenvalue weighted by Gasteiger charge is 2.32. The number of halogens is 1. The molecule has 18 heavy (non-hydrogen) atoms. The fourth-order valence-electron chi connectivity index (χ4n) is 2.35. The Morgan fingerprint density at radius 2 is 2.11 bits per heavy atom. The summed E-state index contributed by atoms with van der Waals surface area (Å²) in [6, 6.07) is 0. The van der Waals surface area contributed by atoms with Crippen molar-refractivity contribution in [2.45, 2.75) is 39.2 Å². The number of alkyl halides is 1. The number of rotatable bonds is 3. The lowest BCUT2D eigenvalue weighted by atomic mass is 9.84. The predicted octanol–water partition coefficient (Wildman–Crippen LogP) is 2.18.